The molecule has 7 heteroatoms. The van der Waals surface area contributed by atoms with Crippen molar-refractivity contribution in [3.63, 3.8) is 0 Å². The second-order valence-electron chi connectivity index (χ2n) is 7.44. The van der Waals surface area contributed by atoms with Gasteiger partial charge in [-0.1, -0.05) is 29.8 Å². The molecule has 160 valence electrons. The number of aryl methyl sites for hydroxylation is 1. The van der Waals surface area contributed by atoms with Gasteiger partial charge in [-0.15, -0.1) is 0 Å². The van der Waals surface area contributed by atoms with E-state index in [1.807, 2.05) is 54.7 Å². The van der Waals surface area contributed by atoms with Gasteiger partial charge in [-0.3, -0.25) is 4.79 Å². The number of fused-ring (bicyclic) bond motifs is 1. The molecule has 0 aliphatic carbocycles. The summed E-state index contributed by atoms with van der Waals surface area (Å²) in [7, 11) is 1.64. The van der Waals surface area contributed by atoms with Crippen LogP contribution in [0.3, 0.4) is 0 Å². The van der Waals surface area contributed by atoms with Crippen molar-refractivity contribution in [1.29, 1.82) is 0 Å². The summed E-state index contributed by atoms with van der Waals surface area (Å²) in [6.07, 6.45) is 5.86. The van der Waals surface area contributed by atoms with Crippen molar-refractivity contribution in [2.45, 2.75) is 32.1 Å². The van der Waals surface area contributed by atoms with Gasteiger partial charge in [0.1, 0.15) is 5.75 Å². The van der Waals surface area contributed by atoms with Crippen molar-refractivity contribution in [1.82, 2.24) is 20.4 Å². The standard InChI is InChI=1S/C24H26N4O3/c1-30-19-12-10-17(11-13-19)24-27-23(31-28-24)9-3-2-6-14-25-22(29)15-18-16-26-21-8-5-4-7-20(18)21/h4-5,7-8,10-13,16,26H,2-3,6,9,14-15H2,1H3,(H,25,29). The lowest BCUT2D eigenvalue weighted by Gasteiger charge is -2.04. The van der Waals surface area contributed by atoms with E-state index >= 15 is 0 Å². The minimum absolute atomic E-state index is 0.0470. The Labute approximate surface area is 180 Å². The summed E-state index contributed by atoms with van der Waals surface area (Å²) in [4.78, 5) is 19.9. The van der Waals surface area contributed by atoms with Gasteiger partial charge in [-0.05, 0) is 48.7 Å². The van der Waals surface area contributed by atoms with Crippen molar-refractivity contribution in [3.8, 4) is 17.1 Å². The van der Waals surface area contributed by atoms with Crippen LogP contribution in [0, 0.1) is 0 Å². The number of carbonyl (C=O) groups excluding carboxylic acids is 1. The number of ether oxygens (including phenoxy) is 1. The molecule has 31 heavy (non-hydrogen) atoms. The fourth-order valence-electron chi connectivity index (χ4n) is 3.53. The monoisotopic (exact) mass is 418 g/mol. The van der Waals surface area contributed by atoms with Crippen LogP contribution in [0.2, 0.25) is 0 Å². The lowest BCUT2D eigenvalue weighted by atomic mass is 10.1. The van der Waals surface area contributed by atoms with Gasteiger partial charge in [0.05, 0.1) is 13.5 Å². The predicted molar refractivity (Wildman–Crippen MR) is 119 cm³/mol. The molecule has 2 N–H and O–H groups in total. The van der Waals surface area contributed by atoms with Crippen LogP contribution >= 0.6 is 0 Å². The normalized spacial score (nSPS) is 11.0. The largest absolute Gasteiger partial charge is 0.497 e. The third kappa shape index (κ3) is 5.31. The average Bonchev–Trinajstić information content (AvgIpc) is 3.44. The van der Waals surface area contributed by atoms with E-state index in [0.717, 1.165) is 53.5 Å². The molecule has 2 heterocycles. The molecule has 4 aromatic rings. The molecule has 0 radical (unpaired) electrons. The number of amides is 1. The highest BCUT2D eigenvalue weighted by Gasteiger charge is 2.10. The number of benzene rings is 2. The molecular weight excluding hydrogens is 392 g/mol. The summed E-state index contributed by atoms with van der Waals surface area (Å²) in [5.74, 6) is 2.06. The first-order valence-corrected chi connectivity index (χ1v) is 10.5. The van der Waals surface area contributed by atoms with Crippen molar-refractivity contribution in [3.05, 3.63) is 66.2 Å². The van der Waals surface area contributed by atoms with Gasteiger partial charge in [0, 0.05) is 35.6 Å². The van der Waals surface area contributed by atoms with Gasteiger partial charge in [0.2, 0.25) is 17.6 Å². The number of aromatic nitrogens is 3. The molecule has 7 nitrogen and oxygen atoms in total. The van der Waals surface area contributed by atoms with E-state index in [9.17, 15) is 4.79 Å². The lowest BCUT2D eigenvalue weighted by Crippen LogP contribution is -2.26. The third-order valence-corrected chi connectivity index (χ3v) is 5.23. The van der Waals surface area contributed by atoms with E-state index < -0.39 is 0 Å². The second kappa shape index (κ2) is 9.93. The van der Waals surface area contributed by atoms with E-state index in [4.69, 9.17) is 9.26 Å². The number of hydrogen-bond donors (Lipinski definition) is 2. The molecule has 2 aromatic carbocycles. The number of carbonyl (C=O) groups is 1. The Bertz CT molecular complexity index is 1130. The molecule has 0 aliphatic rings. The van der Waals surface area contributed by atoms with Crippen LogP contribution in [-0.4, -0.2) is 34.7 Å². The number of rotatable bonds is 10. The molecule has 4 rings (SSSR count). The van der Waals surface area contributed by atoms with E-state index in [2.05, 4.69) is 20.4 Å². The maximum atomic E-state index is 12.2. The first kappa shape index (κ1) is 20.7. The Hall–Kier alpha value is -3.61. The Morgan fingerprint density at radius 1 is 1.10 bits per heavy atom. The molecule has 0 fully saturated rings. The summed E-state index contributed by atoms with van der Waals surface area (Å²) in [6.45, 7) is 0.669. The first-order valence-electron chi connectivity index (χ1n) is 10.5. The fraction of sp³-hybridized carbons (Fsp3) is 0.292. The second-order valence-corrected chi connectivity index (χ2v) is 7.44. The lowest BCUT2D eigenvalue weighted by molar-refractivity contribution is -0.120. The molecule has 0 saturated carbocycles. The number of methoxy groups -OCH3 is 1. The number of H-pyrrole nitrogens is 1. The number of nitrogens with one attached hydrogen (secondary N) is 2. The van der Waals surface area contributed by atoms with Crippen LogP contribution in [0.5, 0.6) is 5.75 Å². The number of unbranched alkanes of at least 4 members (excludes halogenated alkanes) is 2. The van der Waals surface area contributed by atoms with Crippen molar-refractivity contribution < 1.29 is 14.1 Å². The Morgan fingerprint density at radius 3 is 2.77 bits per heavy atom. The van der Waals surface area contributed by atoms with Gasteiger partial charge in [-0.25, -0.2) is 0 Å². The van der Waals surface area contributed by atoms with E-state index in [-0.39, 0.29) is 5.91 Å². The van der Waals surface area contributed by atoms with E-state index in [1.165, 1.54) is 0 Å². The maximum Gasteiger partial charge on any atom is 0.226 e. The Balaban J connectivity index is 1.14. The summed E-state index contributed by atoms with van der Waals surface area (Å²) in [6, 6.07) is 15.6. The molecule has 0 unspecified atom stereocenters. The van der Waals surface area contributed by atoms with Crippen molar-refractivity contribution in [2.24, 2.45) is 0 Å². The summed E-state index contributed by atoms with van der Waals surface area (Å²) < 4.78 is 10.5. The Morgan fingerprint density at radius 2 is 1.94 bits per heavy atom. The van der Waals surface area contributed by atoms with Crippen LogP contribution in [0.15, 0.2) is 59.3 Å². The fourth-order valence-corrected chi connectivity index (χ4v) is 3.53. The highest BCUT2D eigenvalue weighted by molar-refractivity contribution is 5.88. The molecule has 2 aromatic heterocycles. The molecule has 0 atom stereocenters. The van der Waals surface area contributed by atoms with Crippen LogP contribution in [0.1, 0.15) is 30.7 Å². The number of nitrogens with zero attached hydrogens (tertiary/aromatic N) is 2. The zero-order valence-electron chi connectivity index (χ0n) is 17.6. The van der Waals surface area contributed by atoms with Crippen LogP contribution < -0.4 is 10.1 Å². The number of hydrogen-bond acceptors (Lipinski definition) is 5. The summed E-state index contributed by atoms with van der Waals surface area (Å²) in [5, 5.41) is 8.16. The highest BCUT2D eigenvalue weighted by Crippen LogP contribution is 2.20. The molecule has 0 spiro atoms. The van der Waals surface area contributed by atoms with Crippen molar-refractivity contribution >= 4 is 16.8 Å². The highest BCUT2D eigenvalue weighted by atomic mass is 16.5. The van der Waals surface area contributed by atoms with Crippen LogP contribution in [0.4, 0.5) is 0 Å². The van der Waals surface area contributed by atoms with E-state index in [0.29, 0.717) is 24.7 Å². The topological polar surface area (TPSA) is 93.0 Å². The maximum absolute atomic E-state index is 12.2. The molecule has 1 amide bonds. The minimum Gasteiger partial charge on any atom is -0.497 e. The predicted octanol–water partition coefficient (Wildman–Crippen LogP) is 4.30. The molecule has 0 bridgehead atoms. The third-order valence-electron chi connectivity index (χ3n) is 5.23. The molecule has 0 saturated heterocycles. The zero-order valence-corrected chi connectivity index (χ0v) is 17.6. The molecular formula is C24H26N4O3. The number of aromatic amines is 1. The van der Waals surface area contributed by atoms with Gasteiger partial charge >= 0.3 is 0 Å². The SMILES string of the molecule is COc1ccc(-c2noc(CCCCCNC(=O)Cc3c[nH]c4ccccc34)n2)cc1. The van der Waals surface area contributed by atoms with Gasteiger partial charge < -0.3 is 19.6 Å². The quantitative estimate of drug-likeness (QED) is 0.375. The van der Waals surface area contributed by atoms with Gasteiger partial charge in [0.15, 0.2) is 0 Å². The smallest absolute Gasteiger partial charge is 0.226 e. The van der Waals surface area contributed by atoms with Gasteiger partial charge in [0.25, 0.3) is 0 Å². The van der Waals surface area contributed by atoms with E-state index in [1.54, 1.807) is 7.11 Å². The minimum atomic E-state index is 0.0470. The Kier molecular flexibility index (Phi) is 6.62. The zero-order chi connectivity index (χ0) is 21.5. The van der Waals surface area contributed by atoms with Crippen LogP contribution in [0.25, 0.3) is 22.3 Å². The average molecular weight is 418 g/mol. The molecule has 0 aliphatic heterocycles. The summed E-state index contributed by atoms with van der Waals surface area (Å²) >= 11 is 0. The van der Waals surface area contributed by atoms with Crippen LogP contribution in [-0.2, 0) is 17.6 Å². The number of para-hydroxylation sites is 1. The first-order chi connectivity index (χ1) is 15.2. The van der Waals surface area contributed by atoms with Gasteiger partial charge in [-0.2, -0.15) is 4.98 Å². The van der Waals surface area contributed by atoms with Crippen molar-refractivity contribution in [2.75, 3.05) is 13.7 Å². The summed E-state index contributed by atoms with van der Waals surface area (Å²) in [5.41, 5.74) is 2.98.